The molecule has 2 atom stereocenters. The minimum Gasteiger partial charge on any atom is -0.379 e. The fourth-order valence-electron chi connectivity index (χ4n) is 3.28. The van der Waals surface area contributed by atoms with Gasteiger partial charge in [-0.2, -0.15) is 0 Å². The minimum absolute atomic E-state index is 0.607. The Morgan fingerprint density at radius 3 is 2.94 bits per heavy atom. The first kappa shape index (κ1) is 13.6. The molecule has 2 rings (SSSR count). The van der Waals surface area contributed by atoms with Crippen LogP contribution in [0.3, 0.4) is 0 Å². The van der Waals surface area contributed by atoms with Crippen LogP contribution in [0.25, 0.3) is 0 Å². The summed E-state index contributed by atoms with van der Waals surface area (Å²) in [7, 11) is 2.29. The van der Waals surface area contributed by atoms with E-state index in [1.165, 1.54) is 38.9 Å². The van der Waals surface area contributed by atoms with Crippen LogP contribution in [0.2, 0.25) is 0 Å². The summed E-state index contributed by atoms with van der Waals surface area (Å²) in [5, 5.41) is 0. The van der Waals surface area contributed by atoms with E-state index in [9.17, 15) is 0 Å². The average Bonchev–Trinajstić information content (AvgIpc) is 2.35. The summed E-state index contributed by atoms with van der Waals surface area (Å²) in [6.45, 7) is 6.38. The zero-order valence-electron chi connectivity index (χ0n) is 10.9. The molecule has 17 heavy (non-hydrogen) atoms. The molecule has 0 N–H and O–H groups in total. The lowest BCUT2D eigenvalue weighted by Gasteiger charge is -2.46. The lowest BCUT2D eigenvalue weighted by atomic mass is 9.84. The molecule has 2 aliphatic heterocycles. The number of ether oxygens (including phenoxy) is 1. The number of piperidine rings is 2. The van der Waals surface area contributed by atoms with Crippen LogP contribution in [0, 0.1) is 5.92 Å². The smallest absolute Gasteiger partial charge is 0.0602 e. The van der Waals surface area contributed by atoms with Gasteiger partial charge in [-0.1, -0.05) is 0 Å². The SMILES string of the molecule is CN1CCCC2CN(CCOCCCl)CCC21. The molecule has 0 bridgehead atoms. The highest BCUT2D eigenvalue weighted by Gasteiger charge is 2.33. The first-order valence-electron chi connectivity index (χ1n) is 6.87. The summed E-state index contributed by atoms with van der Waals surface area (Å²) in [5.41, 5.74) is 0. The molecule has 2 saturated heterocycles. The van der Waals surface area contributed by atoms with Crippen LogP contribution in [0.4, 0.5) is 0 Å². The van der Waals surface area contributed by atoms with Crippen LogP contribution < -0.4 is 0 Å². The van der Waals surface area contributed by atoms with E-state index in [1.54, 1.807) is 0 Å². The molecule has 2 aliphatic rings. The predicted octanol–water partition coefficient (Wildman–Crippen LogP) is 1.66. The van der Waals surface area contributed by atoms with Crippen molar-refractivity contribution < 1.29 is 4.74 Å². The maximum Gasteiger partial charge on any atom is 0.0602 e. The van der Waals surface area contributed by atoms with Crippen molar-refractivity contribution in [2.24, 2.45) is 5.92 Å². The molecule has 0 spiro atoms. The average molecular weight is 261 g/mol. The molecule has 2 unspecified atom stereocenters. The Labute approximate surface area is 110 Å². The van der Waals surface area contributed by atoms with Crippen LogP contribution in [0.1, 0.15) is 19.3 Å². The highest BCUT2D eigenvalue weighted by atomic mass is 35.5. The van der Waals surface area contributed by atoms with E-state index in [-0.39, 0.29) is 0 Å². The van der Waals surface area contributed by atoms with Gasteiger partial charge in [-0.15, -0.1) is 11.6 Å². The number of fused-ring (bicyclic) bond motifs is 1. The minimum atomic E-state index is 0.607. The summed E-state index contributed by atoms with van der Waals surface area (Å²) in [4.78, 5) is 5.13. The molecular weight excluding hydrogens is 236 g/mol. The number of hydrogen-bond donors (Lipinski definition) is 0. The second-order valence-electron chi connectivity index (χ2n) is 5.34. The summed E-state index contributed by atoms with van der Waals surface area (Å²) in [6, 6.07) is 0.837. The summed E-state index contributed by atoms with van der Waals surface area (Å²) in [6.07, 6.45) is 4.11. The molecule has 3 nitrogen and oxygen atoms in total. The van der Waals surface area contributed by atoms with Crippen molar-refractivity contribution in [1.82, 2.24) is 9.80 Å². The van der Waals surface area contributed by atoms with E-state index < -0.39 is 0 Å². The number of halogens is 1. The first-order chi connectivity index (χ1) is 8.31. The van der Waals surface area contributed by atoms with E-state index in [2.05, 4.69) is 16.8 Å². The van der Waals surface area contributed by atoms with Crippen molar-refractivity contribution in [2.75, 3.05) is 52.3 Å². The normalized spacial score (nSPS) is 31.4. The molecule has 0 amide bonds. The Morgan fingerprint density at radius 2 is 2.12 bits per heavy atom. The van der Waals surface area contributed by atoms with E-state index in [1.807, 2.05) is 0 Å². The summed E-state index contributed by atoms with van der Waals surface area (Å²) in [5.74, 6) is 1.49. The van der Waals surface area contributed by atoms with E-state index in [4.69, 9.17) is 16.3 Å². The highest BCUT2D eigenvalue weighted by Crippen LogP contribution is 2.29. The van der Waals surface area contributed by atoms with E-state index in [0.717, 1.165) is 25.1 Å². The van der Waals surface area contributed by atoms with Gasteiger partial charge in [0, 0.05) is 25.0 Å². The second kappa shape index (κ2) is 6.93. The predicted molar refractivity (Wildman–Crippen MR) is 71.7 cm³/mol. The van der Waals surface area contributed by atoms with Gasteiger partial charge >= 0.3 is 0 Å². The molecule has 4 heteroatoms. The molecule has 0 saturated carbocycles. The van der Waals surface area contributed by atoms with Crippen molar-refractivity contribution in [3.63, 3.8) is 0 Å². The molecule has 2 fully saturated rings. The maximum atomic E-state index is 5.59. The Balaban J connectivity index is 1.70. The van der Waals surface area contributed by atoms with Crippen LogP contribution >= 0.6 is 11.6 Å². The number of hydrogen-bond acceptors (Lipinski definition) is 3. The van der Waals surface area contributed by atoms with E-state index >= 15 is 0 Å². The van der Waals surface area contributed by atoms with Gasteiger partial charge in [0.15, 0.2) is 0 Å². The monoisotopic (exact) mass is 260 g/mol. The van der Waals surface area contributed by atoms with E-state index in [0.29, 0.717) is 12.5 Å². The summed E-state index contributed by atoms with van der Waals surface area (Å²) >= 11 is 5.59. The van der Waals surface area contributed by atoms with Crippen LogP contribution in [-0.2, 0) is 4.74 Å². The quantitative estimate of drug-likeness (QED) is 0.552. The van der Waals surface area contributed by atoms with Crippen molar-refractivity contribution in [1.29, 1.82) is 0 Å². The van der Waals surface area contributed by atoms with Crippen molar-refractivity contribution in [3.05, 3.63) is 0 Å². The molecule has 0 radical (unpaired) electrons. The van der Waals surface area contributed by atoms with Crippen molar-refractivity contribution in [3.8, 4) is 0 Å². The second-order valence-corrected chi connectivity index (χ2v) is 5.72. The van der Waals surface area contributed by atoms with Gasteiger partial charge in [-0.25, -0.2) is 0 Å². The number of rotatable bonds is 5. The molecule has 2 heterocycles. The number of alkyl halides is 1. The van der Waals surface area contributed by atoms with Gasteiger partial charge in [0.2, 0.25) is 0 Å². The third-order valence-corrected chi connectivity index (χ3v) is 4.36. The fraction of sp³-hybridized carbons (Fsp3) is 1.00. The molecule has 0 aromatic heterocycles. The highest BCUT2D eigenvalue weighted by molar-refractivity contribution is 6.17. The topological polar surface area (TPSA) is 15.7 Å². The van der Waals surface area contributed by atoms with Gasteiger partial charge in [0.1, 0.15) is 0 Å². The molecule has 100 valence electrons. The Kier molecular flexibility index (Phi) is 5.54. The van der Waals surface area contributed by atoms with Gasteiger partial charge < -0.3 is 14.5 Å². The zero-order chi connectivity index (χ0) is 12.1. The van der Waals surface area contributed by atoms with Gasteiger partial charge in [-0.3, -0.25) is 0 Å². The molecular formula is C13H25ClN2O. The third kappa shape index (κ3) is 3.82. The zero-order valence-corrected chi connectivity index (χ0v) is 11.7. The van der Waals surface area contributed by atoms with Crippen molar-refractivity contribution >= 4 is 11.6 Å². The lowest BCUT2D eigenvalue weighted by Crippen LogP contribution is -2.53. The lowest BCUT2D eigenvalue weighted by molar-refractivity contribution is 0.0245. The van der Waals surface area contributed by atoms with Crippen LogP contribution in [-0.4, -0.2) is 68.2 Å². The van der Waals surface area contributed by atoms with Crippen molar-refractivity contribution in [2.45, 2.75) is 25.3 Å². The summed E-state index contributed by atoms with van der Waals surface area (Å²) < 4.78 is 5.46. The number of likely N-dealkylation sites (tertiary alicyclic amines) is 2. The largest absolute Gasteiger partial charge is 0.379 e. The Bertz CT molecular complexity index is 227. The molecule has 0 aromatic rings. The Morgan fingerprint density at radius 1 is 1.24 bits per heavy atom. The van der Waals surface area contributed by atoms with Gasteiger partial charge in [0.25, 0.3) is 0 Å². The maximum absolute atomic E-state index is 5.59. The Hall–Kier alpha value is 0.170. The van der Waals surface area contributed by atoms with Crippen LogP contribution in [0.15, 0.2) is 0 Å². The molecule has 0 aromatic carbocycles. The van der Waals surface area contributed by atoms with Gasteiger partial charge in [0.05, 0.1) is 13.2 Å². The first-order valence-corrected chi connectivity index (χ1v) is 7.41. The fourth-order valence-corrected chi connectivity index (χ4v) is 3.39. The molecule has 0 aliphatic carbocycles. The van der Waals surface area contributed by atoms with Gasteiger partial charge in [-0.05, 0) is 45.3 Å². The standard InChI is InChI=1S/C13H25ClN2O/c1-15-6-2-3-12-11-16(7-4-13(12)15)8-10-17-9-5-14/h12-13H,2-11H2,1H3. The number of nitrogens with zero attached hydrogens (tertiary/aromatic N) is 2. The van der Waals surface area contributed by atoms with Crippen LogP contribution in [0.5, 0.6) is 0 Å². The third-order valence-electron chi connectivity index (χ3n) is 4.20.